The molecule has 2 N–H and O–H groups in total. The highest BCUT2D eigenvalue weighted by Gasteiger charge is 2.25. The van der Waals surface area contributed by atoms with Crippen LogP contribution < -0.4 is 5.73 Å². The van der Waals surface area contributed by atoms with Gasteiger partial charge in [0.2, 0.25) is 0 Å². The SMILES string of the molecule is Cl.NCCC1CCCCN1CC1CCOC1. The largest absolute Gasteiger partial charge is 0.381 e. The summed E-state index contributed by atoms with van der Waals surface area (Å²) in [5.41, 5.74) is 5.68. The van der Waals surface area contributed by atoms with E-state index >= 15 is 0 Å². The van der Waals surface area contributed by atoms with Crippen LogP contribution in [0.4, 0.5) is 0 Å². The Hall–Kier alpha value is 0.170. The van der Waals surface area contributed by atoms with Crippen molar-refractivity contribution in [2.45, 2.75) is 38.1 Å². The standard InChI is InChI=1S/C12H24N2O.ClH/c13-6-4-12-3-1-2-7-14(12)9-11-5-8-15-10-11;/h11-12H,1-10,13H2;1H. The third-order valence-corrected chi connectivity index (χ3v) is 3.77. The number of ether oxygens (including phenoxy) is 1. The Morgan fingerprint density at radius 2 is 2.12 bits per heavy atom. The van der Waals surface area contributed by atoms with E-state index in [4.69, 9.17) is 10.5 Å². The molecule has 0 aromatic heterocycles. The number of hydrogen-bond acceptors (Lipinski definition) is 3. The lowest BCUT2D eigenvalue weighted by atomic mass is 9.97. The van der Waals surface area contributed by atoms with Gasteiger partial charge in [-0.15, -0.1) is 12.4 Å². The highest BCUT2D eigenvalue weighted by molar-refractivity contribution is 5.85. The molecule has 0 aromatic rings. The van der Waals surface area contributed by atoms with Crippen LogP contribution >= 0.6 is 12.4 Å². The van der Waals surface area contributed by atoms with Gasteiger partial charge >= 0.3 is 0 Å². The van der Waals surface area contributed by atoms with Crippen molar-refractivity contribution in [1.29, 1.82) is 0 Å². The van der Waals surface area contributed by atoms with Gasteiger partial charge in [-0.05, 0) is 44.7 Å². The second kappa shape index (κ2) is 7.49. The summed E-state index contributed by atoms with van der Waals surface area (Å²) < 4.78 is 5.44. The fraction of sp³-hybridized carbons (Fsp3) is 1.00. The zero-order chi connectivity index (χ0) is 10.5. The highest BCUT2D eigenvalue weighted by Crippen LogP contribution is 2.23. The number of nitrogens with zero attached hydrogens (tertiary/aromatic N) is 1. The Balaban J connectivity index is 0.00000128. The van der Waals surface area contributed by atoms with E-state index in [1.165, 1.54) is 45.2 Å². The van der Waals surface area contributed by atoms with E-state index in [1.807, 2.05) is 0 Å². The van der Waals surface area contributed by atoms with E-state index < -0.39 is 0 Å². The van der Waals surface area contributed by atoms with Crippen molar-refractivity contribution >= 4 is 12.4 Å². The first-order chi connectivity index (χ1) is 7.40. The van der Waals surface area contributed by atoms with Crippen LogP contribution in [0.25, 0.3) is 0 Å². The summed E-state index contributed by atoms with van der Waals surface area (Å²) in [7, 11) is 0. The molecule has 2 unspecified atom stereocenters. The molecule has 0 saturated carbocycles. The van der Waals surface area contributed by atoms with Gasteiger partial charge in [-0.25, -0.2) is 0 Å². The number of nitrogens with two attached hydrogens (primary N) is 1. The minimum atomic E-state index is 0. The van der Waals surface area contributed by atoms with Gasteiger partial charge in [-0.2, -0.15) is 0 Å². The Kier molecular flexibility index (Phi) is 6.66. The molecule has 2 saturated heterocycles. The lowest BCUT2D eigenvalue weighted by molar-refractivity contribution is 0.110. The molecule has 2 aliphatic rings. The zero-order valence-corrected chi connectivity index (χ0v) is 10.9. The van der Waals surface area contributed by atoms with E-state index in [9.17, 15) is 0 Å². The summed E-state index contributed by atoms with van der Waals surface area (Å²) in [5.74, 6) is 0.781. The molecule has 2 atom stereocenters. The van der Waals surface area contributed by atoms with Gasteiger partial charge in [0.1, 0.15) is 0 Å². The van der Waals surface area contributed by atoms with E-state index in [2.05, 4.69) is 4.90 Å². The van der Waals surface area contributed by atoms with Gasteiger partial charge < -0.3 is 10.5 Å². The van der Waals surface area contributed by atoms with E-state index in [1.54, 1.807) is 0 Å². The van der Waals surface area contributed by atoms with Gasteiger partial charge in [0.05, 0.1) is 6.61 Å². The highest BCUT2D eigenvalue weighted by atomic mass is 35.5. The van der Waals surface area contributed by atoms with Crippen LogP contribution in [0.5, 0.6) is 0 Å². The van der Waals surface area contributed by atoms with Crippen LogP contribution in [0.15, 0.2) is 0 Å². The number of rotatable bonds is 4. The van der Waals surface area contributed by atoms with Gasteiger partial charge in [-0.1, -0.05) is 6.42 Å². The number of halogens is 1. The van der Waals surface area contributed by atoms with Gasteiger partial charge in [0.15, 0.2) is 0 Å². The third-order valence-electron chi connectivity index (χ3n) is 3.77. The van der Waals surface area contributed by atoms with Crippen LogP contribution in [-0.4, -0.2) is 43.8 Å². The van der Waals surface area contributed by atoms with Crippen LogP contribution in [0.2, 0.25) is 0 Å². The lowest BCUT2D eigenvalue weighted by Crippen LogP contribution is -2.43. The monoisotopic (exact) mass is 248 g/mol. The minimum absolute atomic E-state index is 0. The predicted molar refractivity (Wildman–Crippen MR) is 69.1 cm³/mol. The van der Waals surface area contributed by atoms with Gasteiger partial charge in [0, 0.05) is 19.2 Å². The molecule has 0 aromatic carbocycles. The maximum absolute atomic E-state index is 5.68. The first kappa shape index (κ1) is 14.2. The molecule has 4 heteroatoms. The van der Waals surface area contributed by atoms with E-state index in [0.29, 0.717) is 0 Å². The van der Waals surface area contributed by atoms with Crippen molar-refractivity contribution in [3.8, 4) is 0 Å². The second-order valence-corrected chi connectivity index (χ2v) is 4.95. The van der Waals surface area contributed by atoms with Crippen LogP contribution in [0.1, 0.15) is 32.1 Å². The topological polar surface area (TPSA) is 38.5 Å². The van der Waals surface area contributed by atoms with Crippen molar-refractivity contribution < 1.29 is 4.74 Å². The quantitative estimate of drug-likeness (QED) is 0.822. The summed E-state index contributed by atoms with van der Waals surface area (Å²) in [4.78, 5) is 2.66. The Morgan fingerprint density at radius 1 is 1.25 bits per heavy atom. The van der Waals surface area contributed by atoms with Crippen LogP contribution in [-0.2, 0) is 4.74 Å². The van der Waals surface area contributed by atoms with E-state index in [-0.39, 0.29) is 12.4 Å². The normalized spacial score (nSPS) is 31.3. The molecule has 96 valence electrons. The molecule has 0 spiro atoms. The Labute approximate surface area is 105 Å². The molecular weight excluding hydrogens is 224 g/mol. The molecule has 16 heavy (non-hydrogen) atoms. The summed E-state index contributed by atoms with van der Waals surface area (Å²) in [6.07, 6.45) is 6.54. The fourth-order valence-electron chi connectivity index (χ4n) is 2.88. The van der Waals surface area contributed by atoms with Crippen molar-refractivity contribution in [2.24, 2.45) is 11.7 Å². The first-order valence-corrected chi connectivity index (χ1v) is 6.42. The average molecular weight is 249 g/mol. The zero-order valence-electron chi connectivity index (χ0n) is 10.1. The second-order valence-electron chi connectivity index (χ2n) is 4.95. The molecule has 0 aliphatic carbocycles. The Bertz CT molecular complexity index is 184. The molecule has 3 nitrogen and oxygen atoms in total. The predicted octanol–water partition coefficient (Wildman–Crippen LogP) is 1.65. The molecular formula is C12H25ClN2O. The fourth-order valence-corrected chi connectivity index (χ4v) is 2.88. The number of hydrogen-bond donors (Lipinski definition) is 1. The van der Waals surface area contributed by atoms with Crippen molar-refractivity contribution in [3.63, 3.8) is 0 Å². The summed E-state index contributed by atoms with van der Waals surface area (Å²) in [5, 5.41) is 0. The van der Waals surface area contributed by atoms with Gasteiger partial charge in [-0.3, -0.25) is 4.90 Å². The van der Waals surface area contributed by atoms with E-state index in [0.717, 1.165) is 31.7 Å². The molecule has 0 amide bonds. The van der Waals surface area contributed by atoms with Crippen molar-refractivity contribution in [3.05, 3.63) is 0 Å². The molecule has 2 aliphatic heterocycles. The smallest absolute Gasteiger partial charge is 0.0507 e. The maximum Gasteiger partial charge on any atom is 0.0507 e. The minimum Gasteiger partial charge on any atom is -0.381 e. The molecule has 2 heterocycles. The lowest BCUT2D eigenvalue weighted by Gasteiger charge is -2.37. The summed E-state index contributed by atoms with van der Waals surface area (Å²) >= 11 is 0. The summed E-state index contributed by atoms with van der Waals surface area (Å²) in [6, 6.07) is 0.754. The van der Waals surface area contributed by atoms with Crippen LogP contribution in [0.3, 0.4) is 0 Å². The molecule has 2 rings (SSSR count). The molecule has 2 fully saturated rings. The number of piperidine rings is 1. The van der Waals surface area contributed by atoms with Crippen molar-refractivity contribution in [1.82, 2.24) is 4.90 Å². The summed E-state index contributed by atoms with van der Waals surface area (Å²) in [6.45, 7) is 5.31. The van der Waals surface area contributed by atoms with Gasteiger partial charge in [0.25, 0.3) is 0 Å². The molecule has 0 radical (unpaired) electrons. The first-order valence-electron chi connectivity index (χ1n) is 6.42. The maximum atomic E-state index is 5.68. The Morgan fingerprint density at radius 3 is 2.81 bits per heavy atom. The van der Waals surface area contributed by atoms with Crippen LogP contribution in [0, 0.1) is 5.92 Å². The molecule has 0 bridgehead atoms. The number of likely N-dealkylation sites (tertiary alicyclic amines) is 1. The third kappa shape index (κ3) is 3.88. The average Bonchev–Trinajstić information content (AvgIpc) is 2.74. The van der Waals surface area contributed by atoms with Crippen molar-refractivity contribution in [2.75, 3.05) is 32.8 Å².